The number of halogens is 1. The number of nitrogens with one attached hydrogen (secondary N) is 2. The number of amides is 3. The molecule has 0 bridgehead atoms. The zero-order chi connectivity index (χ0) is 21.0. The Hall–Kier alpha value is -2.94. The molecule has 1 aromatic rings. The standard InChI is InChI=1S/C20H25FN4O4/c1-2-29-19(27)16-15(11-25-9-7-13(8-10-25)18(22)26)23-20(28)24-17(16)12-3-5-14(21)6-4-12/h3-6,13,17H,2,7-11H2,1H3,(H2,22,26)(H2,23,24,28)/t17-/m1/s1. The monoisotopic (exact) mass is 404 g/mol. The topological polar surface area (TPSA) is 114 Å². The van der Waals surface area contributed by atoms with E-state index in [4.69, 9.17) is 10.5 Å². The number of likely N-dealkylation sites (tertiary alicyclic amines) is 1. The molecule has 1 atom stereocenters. The van der Waals surface area contributed by atoms with E-state index in [0.717, 1.165) is 0 Å². The van der Waals surface area contributed by atoms with Gasteiger partial charge in [0.25, 0.3) is 0 Å². The average Bonchev–Trinajstić information content (AvgIpc) is 2.68. The van der Waals surface area contributed by atoms with Gasteiger partial charge < -0.3 is 21.1 Å². The van der Waals surface area contributed by atoms with Crippen LogP contribution in [0.25, 0.3) is 0 Å². The van der Waals surface area contributed by atoms with Crippen molar-refractivity contribution >= 4 is 17.9 Å². The van der Waals surface area contributed by atoms with Crippen LogP contribution in [0.2, 0.25) is 0 Å². The van der Waals surface area contributed by atoms with E-state index < -0.39 is 23.9 Å². The van der Waals surface area contributed by atoms with E-state index in [0.29, 0.717) is 43.7 Å². The molecule has 0 aromatic heterocycles. The van der Waals surface area contributed by atoms with Gasteiger partial charge in [-0.25, -0.2) is 14.0 Å². The first kappa shape index (κ1) is 20.8. The lowest BCUT2D eigenvalue weighted by Crippen LogP contribution is -2.49. The van der Waals surface area contributed by atoms with E-state index in [1.807, 2.05) is 0 Å². The number of nitrogens with zero attached hydrogens (tertiary/aromatic N) is 1. The smallest absolute Gasteiger partial charge is 0.338 e. The summed E-state index contributed by atoms with van der Waals surface area (Å²) in [5, 5.41) is 5.44. The summed E-state index contributed by atoms with van der Waals surface area (Å²) in [6.07, 6.45) is 1.26. The maximum Gasteiger partial charge on any atom is 0.338 e. The van der Waals surface area contributed by atoms with Gasteiger partial charge in [-0.2, -0.15) is 0 Å². The number of piperidine rings is 1. The summed E-state index contributed by atoms with van der Waals surface area (Å²) in [4.78, 5) is 38.4. The Labute approximate surface area is 168 Å². The lowest BCUT2D eigenvalue weighted by molar-refractivity contribution is -0.139. The Balaban J connectivity index is 1.89. The number of hydrogen-bond acceptors (Lipinski definition) is 5. The second-order valence-corrected chi connectivity index (χ2v) is 7.15. The lowest BCUT2D eigenvalue weighted by Gasteiger charge is -2.34. The van der Waals surface area contributed by atoms with Gasteiger partial charge in [-0.3, -0.25) is 9.69 Å². The molecule has 156 valence electrons. The van der Waals surface area contributed by atoms with Crippen molar-refractivity contribution in [1.29, 1.82) is 0 Å². The summed E-state index contributed by atoms with van der Waals surface area (Å²) < 4.78 is 18.6. The molecule has 4 N–H and O–H groups in total. The minimum atomic E-state index is -0.749. The Morgan fingerprint density at radius 3 is 2.48 bits per heavy atom. The number of rotatable bonds is 6. The van der Waals surface area contributed by atoms with Gasteiger partial charge in [-0.15, -0.1) is 0 Å². The molecule has 3 rings (SSSR count). The molecule has 2 heterocycles. The van der Waals surface area contributed by atoms with Gasteiger partial charge in [0.2, 0.25) is 5.91 Å². The van der Waals surface area contributed by atoms with Crippen LogP contribution in [0.1, 0.15) is 31.4 Å². The molecule has 2 aliphatic heterocycles. The Morgan fingerprint density at radius 1 is 1.24 bits per heavy atom. The molecule has 0 spiro atoms. The van der Waals surface area contributed by atoms with Crippen molar-refractivity contribution in [3.63, 3.8) is 0 Å². The van der Waals surface area contributed by atoms with Crippen molar-refractivity contribution < 1.29 is 23.5 Å². The van der Waals surface area contributed by atoms with Crippen LogP contribution in [-0.4, -0.2) is 49.0 Å². The third-order valence-electron chi connectivity index (χ3n) is 5.22. The summed E-state index contributed by atoms with van der Waals surface area (Å²) >= 11 is 0. The van der Waals surface area contributed by atoms with Crippen LogP contribution >= 0.6 is 0 Å². The number of hydrogen-bond donors (Lipinski definition) is 3. The first-order valence-electron chi connectivity index (χ1n) is 9.63. The summed E-state index contributed by atoms with van der Waals surface area (Å²) in [5.74, 6) is -1.41. The van der Waals surface area contributed by atoms with Crippen LogP contribution in [0.15, 0.2) is 35.5 Å². The number of ether oxygens (including phenoxy) is 1. The average molecular weight is 404 g/mol. The van der Waals surface area contributed by atoms with E-state index >= 15 is 0 Å². The number of carbonyl (C=O) groups excluding carboxylic acids is 3. The number of carbonyl (C=O) groups is 3. The predicted octanol–water partition coefficient (Wildman–Crippen LogP) is 1.19. The van der Waals surface area contributed by atoms with E-state index in [-0.39, 0.29) is 24.0 Å². The molecule has 8 nitrogen and oxygen atoms in total. The Kier molecular flexibility index (Phi) is 6.48. The fraction of sp³-hybridized carbons (Fsp3) is 0.450. The highest BCUT2D eigenvalue weighted by atomic mass is 19.1. The molecule has 3 amide bonds. The van der Waals surface area contributed by atoms with Gasteiger partial charge in [0.15, 0.2) is 0 Å². The van der Waals surface area contributed by atoms with Crippen LogP contribution < -0.4 is 16.4 Å². The Bertz CT molecular complexity index is 816. The maximum atomic E-state index is 13.3. The fourth-order valence-electron chi connectivity index (χ4n) is 3.70. The van der Waals surface area contributed by atoms with Gasteiger partial charge in [-0.1, -0.05) is 12.1 Å². The molecule has 1 aromatic carbocycles. The van der Waals surface area contributed by atoms with Gasteiger partial charge in [0.05, 0.1) is 18.2 Å². The molecular weight excluding hydrogens is 379 g/mol. The van der Waals surface area contributed by atoms with Crippen molar-refractivity contribution in [3.8, 4) is 0 Å². The zero-order valence-corrected chi connectivity index (χ0v) is 16.2. The maximum absolute atomic E-state index is 13.3. The summed E-state index contributed by atoms with van der Waals surface area (Å²) in [6.45, 7) is 3.46. The second-order valence-electron chi connectivity index (χ2n) is 7.15. The van der Waals surface area contributed by atoms with Gasteiger partial charge >= 0.3 is 12.0 Å². The normalized spacial score (nSPS) is 20.8. The molecule has 1 saturated heterocycles. The molecule has 0 aliphatic carbocycles. The fourth-order valence-corrected chi connectivity index (χ4v) is 3.70. The van der Waals surface area contributed by atoms with Crippen LogP contribution in [0.5, 0.6) is 0 Å². The summed E-state index contributed by atoms with van der Waals surface area (Å²) in [7, 11) is 0. The molecule has 0 saturated carbocycles. The van der Waals surface area contributed by atoms with Crippen molar-refractivity contribution in [1.82, 2.24) is 15.5 Å². The zero-order valence-electron chi connectivity index (χ0n) is 16.2. The van der Waals surface area contributed by atoms with Crippen molar-refractivity contribution in [3.05, 3.63) is 46.9 Å². The van der Waals surface area contributed by atoms with E-state index in [2.05, 4.69) is 15.5 Å². The molecule has 0 radical (unpaired) electrons. The quantitative estimate of drug-likeness (QED) is 0.617. The Morgan fingerprint density at radius 2 is 1.90 bits per heavy atom. The lowest BCUT2D eigenvalue weighted by atomic mass is 9.93. The first-order chi connectivity index (χ1) is 13.9. The molecular formula is C20H25FN4O4. The molecule has 0 unspecified atom stereocenters. The van der Waals surface area contributed by atoms with Crippen LogP contribution in [0, 0.1) is 11.7 Å². The predicted molar refractivity (Wildman–Crippen MR) is 103 cm³/mol. The van der Waals surface area contributed by atoms with Crippen LogP contribution in [0.4, 0.5) is 9.18 Å². The number of esters is 1. The highest BCUT2D eigenvalue weighted by Crippen LogP contribution is 2.29. The molecule has 29 heavy (non-hydrogen) atoms. The summed E-state index contributed by atoms with van der Waals surface area (Å²) in [5.41, 5.74) is 6.69. The number of nitrogens with two attached hydrogens (primary N) is 1. The van der Waals surface area contributed by atoms with E-state index in [1.54, 1.807) is 6.92 Å². The van der Waals surface area contributed by atoms with Gasteiger partial charge in [0.1, 0.15) is 5.82 Å². The third-order valence-corrected chi connectivity index (χ3v) is 5.22. The van der Waals surface area contributed by atoms with Crippen molar-refractivity contribution in [2.24, 2.45) is 11.7 Å². The minimum absolute atomic E-state index is 0.153. The third kappa shape index (κ3) is 4.92. The minimum Gasteiger partial charge on any atom is -0.463 e. The SMILES string of the molecule is CCOC(=O)C1=C(CN2CCC(C(N)=O)CC2)NC(=O)N[C@@H]1c1ccc(F)cc1. The summed E-state index contributed by atoms with van der Waals surface area (Å²) in [6, 6.07) is 4.42. The number of urea groups is 1. The van der Waals surface area contributed by atoms with Crippen molar-refractivity contribution in [2.45, 2.75) is 25.8 Å². The van der Waals surface area contributed by atoms with Gasteiger partial charge in [-0.05, 0) is 50.6 Å². The van der Waals surface area contributed by atoms with Gasteiger partial charge in [0, 0.05) is 18.2 Å². The number of primary amides is 1. The van der Waals surface area contributed by atoms with Crippen LogP contribution in [-0.2, 0) is 14.3 Å². The highest BCUT2D eigenvalue weighted by Gasteiger charge is 2.35. The molecule has 9 heteroatoms. The van der Waals surface area contributed by atoms with E-state index in [9.17, 15) is 18.8 Å². The molecule has 2 aliphatic rings. The highest BCUT2D eigenvalue weighted by molar-refractivity contribution is 5.95. The largest absolute Gasteiger partial charge is 0.463 e. The number of benzene rings is 1. The van der Waals surface area contributed by atoms with Crippen LogP contribution in [0.3, 0.4) is 0 Å². The van der Waals surface area contributed by atoms with E-state index in [1.165, 1.54) is 24.3 Å². The first-order valence-corrected chi connectivity index (χ1v) is 9.63. The molecule has 1 fully saturated rings. The van der Waals surface area contributed by atoms with Crippen molar-refractivity contribution in [2.75, 3.05) is 26.2 Å². The second kappa shape index (κ2) is 9.04.